The van der Waals surface area contributed by atoms with E-state index in [1.54, 1.807) is 0 Å². The summed E-state index contributed by atoms with van der Waals surface area (Å²) in [6, 6.07) is 1.88. The van der Waals surface area contributed by atoms with Crippen LogP contribution in [0.2, 0.25) is 0 Å². The lowest BCUT2D eigenvalue weighted by Gasteiger charge is -2.18. The Hall–Kier alpha value is -1.73. The van der Waals surface area contributed by atoms with E-state index in [0.717, 1.165) is 30.6 Å². The molecule has 1 aliphatic rings. The molecule has 0 unspecified atom stereocenters. The number of aromatic amines is 1. The average Bonchev–Trinajstić information content (AvgIpc) is 3.07. The van der Waals surface area contributed by atoms with Crippen molar-refractivity contribution < 1.29 is 4.84 Å². The van der Waals surface area contributed by atoms with Gasteiger partial charge in [0.2, 0.25) is 0 Å². The van der Waals surface area contributed by atoms with Crippen LogP contribution in [0.3, 0.4) is 0 Å². The largest absolute Gasteiger partial charge is 0.391 e. The van der Waals surface area contributed by atoms with Crippen molar-refractivity contribution in [1.29, 1.82) is 0 Å². The summed E-state index contributed by atoms with van der Waals surface area (Å²) < 4.78 is 0.682. The Morgan fingerprint density at radius 3 is 3.19 bits per heavy atom. The van der Waals surface area contributed by atoms with E-state index in [0.29, 0.717) is 17.1 Å². The Balaban J connectivity index is 1.64. The molecule has 0 aliphatic carbocycles. The van der Waals surface area contributed by atoms with Crippen LogP contribution in [0.25, 0.3) is 10.2 Å². The summed E-state index contributed by atoms with van der Waals surface area (Å²) in [5.74, 6) is 0.683. The number of rotatable bonds is 5. The standard InChI is InChI=1S/C14H18N4O2S/c1-3-9-6-10(20-17-9)7-18(2)8-12-15-11-4-5-21-13(11)14(19)16-12/h4-5,10H,3,6-8H2,1-2H3,(H,15,16,19)/t10-/m1/s1. The molecule has 0 saturated carbocycles. The molecule has 6 nitrogen and oxygen atoms in total. The van der Waals surface area contributed by atoms with Crippen molar-refractivity contribution in [2.45, 2.75) is 32.4 Å². The summed E-state index contributed by atoms with van der Waals surface area (Å²) in [5, 5.41) is 5.95. The van der Waals surface area contributed by atoms with Crippen LogP contribution in [0.4, 0.5) is 0 Å². The van der Waals surface area contributed by atoms with Crippen molar-refractivity contribution in [3.05, 3.63) is 27.6 Å². The second-order valence-corrected chi connectivity index (χ2v) is 6.20. The molecule has 21 heavy (non-hydrogen) atoms. The van der Waals surface area contributed by atoms with E-state index in [9.17, 15) is 4.79 Å². The lowest BCUT2D eigenvalue weighted by Crippen LogP contribution is -2.30. The number of hydrogen-bond acceptors (Lipinski definition) is 6. The predicted molar refractivity (Wildman–Crippen MR) is 83.8 cm³/mol. The molecule has 112 valence electrons. The van der Waals surface area contributed by atoms with E-state index < -0.39 is 0 Å². The first-order valence-electron chi connectivity index (χ1n) is 7.02. The smallest absolute Gasteiger partial charge is 0.268 e. The van der Waals surface area contributed by atoms with Crippen LogP contribution in [0.15, 0.2) is 21.4 Å². The maximum Gasteiger partial charge on any atom is 0.268 e. The number of nitrogens with zero attached hydrogens (tertiary/aromatic N) is 3. The van der Waals surface area contributed by atoms with Crippen molar-refractivity contribution in [1.82, 2.24) is 14.9 Å². The van der Waals surface area contributed by atoms with E-state index >= 15 is 0 Å². The summed E-state index contributed by atoms with van der Waals surface area (Å²) in [4.78, 5) is 26.7. The van der Waals surface area contributed by atoms with E-state index in [4.69, 9.17) is 4.84 Å². The first-order valence-corrected chi connectivity index (χ1v) is 7.90. The Morgan fingerprint density at radius 1 is 1.57 bits per heavy atom. The number of H-pyrrole nitrogens is 1. The molecule has 0 saturated heterocycles. The molecule has 0 bridgehead atoms. The van der Waals surface area contributed by atoms with Gasteiger partial charge in [-0.15, -0.1) is 11.3 Å². The number of likely N-dealkylation sites (N-methyl/N-ethyl adjacent to an activating group) is 1. The zero-order chi connectivity index (χ0) is 14.8. The highest BCUT2D eigenvalue weighted by atomic mass is 32.1. The third-order valence-electron chi connectivity index (χ3n) is 3.50. The minimum atomic E-state index is -0.0629. The summed E-state index contributed by atoms with van der Waals surface area (Å²) in [5.41, 5.74) is 1.81. The Kier molecular flexibility index (Phi) is 4.03. The number of thiophene rings is 1. The molecule has 3 rings (SSSR count). The van der Waals surface area contributed by atoms with Gasteiger partial charge in [-0.25, -0.2) is 4.98 Å². The zero-order valence-corrected chi connectivity index (χ0v) is 12.9. The van der Waals surface area contributed by atoms with Gasteiger partial charge in [0.15, 0.2) is 0 Å². The summed E-state index contributed by atoms with van der Waals surface area (Å²) in [6.07, 6.45) is 1.92. The Morgan fingerprint density at radius 2 is 2.43 bits per heavy atom. The fourth-order valence-electron chi connectivity index (χ4n) is 2.46. The summed E-state index contributed by atoms with van der Waals surface area (Å²) >= 11 is 1.42. The van der Waals surface area contributed by atoms with Gasteiger partial charge >= 0.3 is 0 Å². The molecule has 7 heteroatoms. The number of oxime groups is 1. The van der Waals surface area contributed by atoms with Gasteiger partial charge in [0, 0.05) is 13.0 Å². The fraction of sp³-hybridized carbons (Fsp3) is 0.500. The second kappa shape index (κ2) is 5.95. The Bertz CT molecular complexity index is 721. The number of hydrogen-bond donors (Lipinski definition) is 1. The van der Waals surface area contributed by atoms with Gasteiger partial charge in [-0.3, -0.25) is 9.69 Å². The van der Waals surface area contributed by atoms with E-state index in [1.807, 2.05) is 18.5 Å². The topological polar surface area (TPSA) is 70.6 Å². The predicted octanol–water partition coefficient (Wildman–Crippen LogP) is 1.97. The number of nitrogens with one attached hydrogen (secondary N) is 1. The van der Waals surface area contributed by atoms with Gasteiger partial charge in [-0.2, -0.15) is 0 Å². The van der Waals surface area contributed by atoms with Gasteiger partial charge < -0.3 is 9.82 Å². The lowest BCUT2D eigenvalue weighted by molar-refractivity contribution is 0.0571. The molecule has 1 aliphatic heterocycles. The van der Waals surface area contributed by atoms with Crippen LogP contribution in [0, 0.1) is 0 Å². The molecular formula is C14H18N4O2S. The normalized spacial score (nSPS) is 18.2. The highest BCUT2D eigenvalue weighted by Crippen LogP contribution is 2.16. The molecule has 2 aromatic heterocycles. The average molecular weight is 306 g/mol. The molecule has 2 aromatic rings. The molecule has 1 N–H and O–H groups in total. The Labute approximate surface area is 126 Å². The van der Waals surface area contributed by atoms with Gasteiger partial charge in [-0.05, 0) is 24.9 Å². The maximum absolute atomic E-state index is 11.9. The zero-order valence-electron chi connectivity index (χ0n) is 12.1. The molecule has 3 heterocycles. The van der Waals surface area contributed by atoms with E-state index in [1.165, 1.54) is 11.3 Å². The number of fused-ring (bicyclic) bond motifs is 1. The molecule has 0 fully saturated rings. The summed E-state index contributed by atoms with van der Waals surface area (Å²) in [7, 11) is 1.99. The van der Waals surface area contributed by atoms with Gasteiger partial charge in [0.05, 0.1) is 17.8 Å². The van der Waals surface area contributed by atoms with Crippen LogP contribution in [-0.2, 0) is 11.4 Å². The van der Waals surface area contributed by atoms with Crippen molar-refractivity contribution in [3.63, 3.8) is 0 Å². The molecular weight excluding hydrogens is 288 g/mol. The van der Waals surface area contributed by atoms with Crippen molar-refractivity contribution in [3.8, 4) is 0 Å². The molecule has 0 aromatic carbocycles. The maximum atomic E-state index is 11.9. The third-order valence-corrected chi connectivity index (χ3v) is 4.40. The van der Waals surface area contributed by atoms with Crippen LogP contribution < -0.4 is 5.56 Å². The first-order chi connectivity index (χ1) is 10.2. The fourth-order valence-corrected chi connectivity index (χ4v) is 3.18. The minimum absolute atomic E-state index is 0.0629. The summed E-state index contributed by atoms with van der Waals surface area (Å²) in [6.45, 7) is 3.43. The molecule has 0 radical (unpaired) electrons. The van der Waals surface area contributed by atoms with Crippen molar-refractivity contribution >= 4 is 27.3 Å². The van der Waals surface area contributed by atoms with Crippen molar-refractivity contribution in [2.24, 2.45) is 5.16 Å². The molecule has 0 amide bonds. The van der Waals surface area contributed by atoms with Crippen LogP contribution in [-0.4, -0.2) is 40.3 Å². The van der Waals surface area contributed by atoms with E-state index in [2.05, 4.69) is 26.9 Å². The molecule has 1 atom stereocenters. The van der Waals surface area contributed by atoms with Crippen molar-refractivity contribution in [2.75, 3.05) is 13.6 Å². The third kappa shape index (κ3) is 3.14. The van der Waals surface area contributed by atoms with Gasteiger partial charge in [0.1, 0.15) is 16.6 Å². The van der Waals surface area contributed by atoms with Gasteiger partial charge in [-0.1, -0.05) is 12.1 Å². The SMILES string of the molecule is CCC1=NO[C@@H](CN(C)Cc2nc3ccsc3c(=O)[nH]2)C1. The van der Waals surface area contributed by atoms with Crippen LogP contribution >= 0.6 is 11.3 Å². The second-order valence-electron chi connectivity index (χ2n) is 5.29. The van der Waals surface area contributed by atoms with E-state index in [-0.39, 0.29) is 11.7 Å². The molecule has 0 spiro atoms. The lowest BCUT2D eigenvalue weighted by atomic mass is 10.1. The highest BCUT2D eigenvalue weighted by Gasteiger charge is 2.21. The highest BCUT2D eigenvalue weighted by molar-refractivity contribution is 7.17. The quantitative estimate of drug-likeness (QED) is 0.917. The van der Waals surface area contributed by atoms with Crippen LogP contribution in [0.1, 0.15) is 25.6 Å². The minimum Gasteiger partial charge on any atom is -0.391 e. The monoisotopic (exact) mass is 306 g/mol. The number of aromatic nitrogens is 2. The first kappa shape index (κ1) is 14.2. The van der Waals surface area contributed by atoms with Gasteiger partial charge in [0.25, 0.3) is 5.56 Å². The van der Waals surface area contributed by atoms with Crippen LogP contribution in [0.5, 0.6) is 0 Å².